The zero-order valence-corrected chi connectivity index (χ0v) is 16.1. The third kappa shape index (κ3) is 5.57. The Morgan fingerprint density at radius 2 is 1.85 bits per heavy atom. The molecule has 0 bridgehead atoms. The van der Waals surface area contributed by atoms with Crippen molar-refractivity contribution in [3.05, 3.63) is 65.7 Å². The first kappa shape index (κ1) is 18.4. The van der Waals surface area contributed by atoms with Crippen LogP contribution < -0.4 is 10.6 Å². The lowest BCUT2D eigenvalue weighted by Crippen LogP contribution is -2.27. The summed E-state index contributed by atoms with van der Waals surface area (Å²) in [6.07, 6.45) is 0.840. The van der Waals surface area contributed by atoms with Gasteiger partial charge in [0.2, 0.25) is 11.0 Å². The Kier molecular flexibility index (Phi) is 6.62. The van der Waals surface area contributed by atoms with Crippen LogP contribution in [0.15, 0.2) is 58.9 Å². The van der Waals surface area contributed by atoms with Gasteiger partial charge >= 0.3 is 0 Å². The first-order valence-corrected chi connectivity index (χ1v) is 10.1. The standard InChI is InChI=1S/C19H20N4OS2/c1-14-7-5-6-8-15(14)11-12-20-17(24)13-25-19-23-22-18(26-19)21-16-9-3-2-4-10-16/h2-10H,11-13H2,1H3,(H,20,24)(H,21,22). The lowest BCUT2D eigenvalue weighted by Gasteiger charge is -2.06. The third-order valence-corrected chi connectivity index (χ3v) is 5.71. The molecule has 5 nitrogen and oxygen atoms in total. The highest BCUT2D eigenvalue weighted by Crippen LogP contribution is 2.27. The first-order valence-electron chi connectivity index (χ1n) is 8.30. The summed E-state index contributed by atoms with van der Waals surface area (Å²) in [6, 6.07) is 18.0. The molecule has 7 heteroatoms. The van der Waals surface area contributed by atoms with E-state index in [4.69, 9.17) is 0 Å². The monoisotopic (exact) mass is 384 g/mol. The Morgan fingerprint density at radius 3 is 2.65 bits per heavy atom. The molecular formula is C19H20N4OS2. The van der Waals surface area contributed by atoms with Crippen LogP contribution in [-0.2, 0) is 11.2 Å². The molecule has 0 aliphatic carbocycles. The lowest BCUT2D eigenvalue weighted by atomic mass is 10.1. The third-order valence-electron chi connectivity index (χ3n) is 3.74. The molecule has 26 heavy (non-hydrogen) atoms. The van der Waals surface area contributed by atoms with Crippen molar-refractivity contribution in [3.8, 4) is 0 Å². The van der Waals surface area contributed by atoms with Crippen LogP contribution in [0.2, 0.25) is 0 Å². The smallest absolute Gasteiger partial charge is 0.230 e. The first-order chi connectivity index (χ1) is 12.7. The van der Waals surface area contributed by atoms with Gasteiger partial charge in [-0.2, -0.15) is 0 Å². The van der Waals surface area contributed by atoms with Crippen LogP contribution in [0, 0.1) is 6.92 Å². The quantitative estimate of drug-likeness (QED) is 0.574. The molecule has 0 fully saturated rings. The normalized spacial score (nSPS) is 10.5. The highest BCUT2D eigenvalue weighted by Gasteiger charge is 2.08. The molecule has 0 saturated carbocycles. The Labute approximate surface area is 161 Å². The van der Waals surface area contributed by atoms with Crippen molar-refractivity contribution in [1.82, 2.24) is 15.5 Å². The molecule has 2 aromatic carbocycles. The average molecular weight is 385 g/mol. The maximum atomic E-state index is 12.0. The number of hydrogen-bond donors (Lipinski definition) is 2. The van der Waals surface area contributed by atoms with Gasteiger partial charge in [-0.25, -0.2) is 0 Å². The second-order valence-electron chi connectivity index (χ2n) is 5.68. The second-order valence-corrected chi connectivity index (χ2v) is 7.88. The zero-order valence-electron chi connectivity index (χ0n) is 14.4. The molecule has 3 rings (SSSR count). The van der Waals surface area contributed by atoms with Crippen molar-refractivity contribution in [3.63, 3.8) is 0 Å². The predicted molar refractivity (Wildman–Crippen MR) is 108 cm³/mol. The summed E-state index contributed by atoms with van der Waals surface area (Å²) < 4.78 is 0.775. The number of carbonyl (C=O) groups excluding carboxylic acids is 1. The maximum absolute atomic E-state index is 12.0. The molecule has 2 N–H and O–H groups in total. The number of rotatable bonds is 8. The van der Waals surface area contributed by atoms with Crippen LogP contribution >= 0.6 is 23.1 Å². The van der Waals surface area contributed by atoms with Gasteiger partial charge in [-0.15, -0.1) is 10.2 Å². The molecule has 0 saturated heterocycles. The number of benzene rings is 2. The van der Waals surface area contributed by atoms with E-state index in [0.717, 1.165) is 21.6 Å². The van der Waals surface area contributed by atoms with E-state index in [2.05, 4.69) is 39.9 Å². The van der Waals surface area contributed by atoms with E-state index in [1.54, 1.807) is 0 Å². The Bertz CT molecular complexity index is 852. The van der Waals surface area contributed by atoms with Crippen LogP contribution in [0.25, 0.3) is 0 Å². The van der Waals surface area contributed by atoms with Gasteiger partial charge in [0.05, 0.1) is 5.75 Å². The summed E-state index contributed by atoms with van der Waals surface area (Å²) in [4.78, 5) is 12.0. The fourth-order valence-corrected chi connectivity index (χ4v) is 3.97. The fraction of sp³-hybridized carbons (Fsp3) is 0.211. The van der Waals surface area contributed by atoms with Crippen molar-refractivity contribution in [1.29, 1.82) is 0 Å². The summed E-state index contributed by atoms with van der Waals surface area (Å²) in [5.74, 6) is 0.352. The molecule has 134 valence electrons. The summed E-state index contributed by atoms with van der Waals surface area (Å²) in [6.45, 7) is 2.73. The number of nitrogens with one attached hydrogen (secondary N) is 2. The van der Waals surface area contributed by atoms with Crippen molar-refractivity contribution in [2.24, 2.45) is 0 Å². The highest BCUT2D eigenvalue weighted by atomic mass is 32.2. The highest BCUT2D eigenvalue weighted by molar-refractivity contribution is 8.01. The number of thioether (sulfide) groups is 1. The van der Waals surface area contributed by atoms with Gasteiger partial charge in [0, 0.05) is 12.2 Å². The summed E-state index contributed by atoms with van der Waals surface area (Å²) in [7, 11) is 0. The average Bonchev–Trinajstić information content (AvgIpc) is 3.10. The van der Waals surface area contributed by atoms with Crippen LogP contribution in [0.3, 0.4) is 0 Å². The number of aryl methyl sites for hydroxylation is 1. The molecule has 0 radical (unpaired) electrons. The molecule has 0 spiro atoms. The molecule has 1 amide bonds. The minimum absolute atomic E-state index is 0.0105. The van der Waals surface area contributed by atoms with E-state index in [1.165, 1.54) is 34.2 Å². The van der Waals surface area contributed by atoms with Crippen molar-refractivity contribution in [2.75, 3.05) is 17.6 Å². The van der Waals surface area contributed by atoms with E-state index in [-0.39, 0.29) is 5.91 Å². The lowest BCUT2D eigenvalue weighted by molar-refractivity contribution is -0.118. The predicted octanol–water partition coefficient (Wildman–Crippen LogP) is 4.04. The Hall–Kier alpha value is -2.38. The molecule has 3 aromatic rings. The van der Waals surface area contributed by atoms with Crippen molar-refractivity contribution in [2.45, 2.75) is 17.7 Å². The minimum Gasteiger partial charge on any atom is -0.355 e. The van der Waals surface area contributed by atoms with Gasteiger partial charge in [0.1, 0.15) is 0 Å². The second kappa shape index (κ2) is 9.35. The number of amides is 1. The molecular weight excluding hydrogens is 364 g/mol. The largest absolute Gasteiger partial charge is 0.355 e. The maximum Gasteiger partial charge on any atom is 0.230 e. The van der Waals surface area contributed by atoms with Gasteiger partial charge in [-0.3, -0.25) is 4.79 Å². The van der Waals surface area contributed by atoms with Gasteiger partial charge in [-0.1, -0.05) is 65.6 Å². The van der Waals surface area contributed by atoms with Crippen LogP contribution in [0.5, 0.6) is 0 Å². The van der Waals surface area contributed by atoms with Crippen LogP contribution in [0.4, 0.5) is 10.8 Å². The van der Waals surface area contributed by atoms with Crippen LogP contribution in [-0.4, -0.2) is 28.4 Å². The Morgan fingerprint density at radius 1 is 1.08 bits per heavy atom. The van der Waals surface area contributed by atoms with E-state index in [9.17, 15) is 4.79 Å². The molecule has 1 heterocycles. The molecule has 0 aliphatic rings. The SMILES string of the molecule is Cc1ccccc1CCNC(=O)CSc1nnc(Nc2ccccc2)s1. The van der Waals surface area contributed by atoms with Gasteiger partial charge in [-0.05, 0) is 36.6 Å². The van der Waals surface area contributed by atoms with Gasteiger partial charge in [0.15, 0.2) is 4.34 Å². The zero-order chi connectivity index (χ0) is 18.2. The topological polar surface area (TPSA) is 66.9 Å². The minimum atomic E-state index is 0.0105. The van der Waals surface area contributed by atoms with Crippen LogP contribution in [0.1, 0.15) is 11.1 Å². The fourth-order valence-electron chi connectivity index (χ4n) is 2.37. The number of hydrogen-bond acceptors (Lipinski definition) is 6. The number of anilines is 2. The van der Waals surface area contributed by atoms with E-state index in [0.29, 0.717) is 12.3 Å². The van der Waals surface area contributed by atoms with E-state index in [1.807, 2.05) is 42.5 Å². The number of nitrogens with zero attached hydrogens (tertiary/aromatic N) is 2. The summed E-state index contributed by atoms with van der Waals surface area (Å²) in [5.41, 5.74) is 3.48. The van der Waals surface area contributed by atoms with E-state index < -0.39 is 0 Å². The molecule has 1 aromatic heterocycles. The summed E-state index contributed by atoms with van der Waals surface area (Å²) >= 11 is 2.84. The Balaban J connectivity index is 1.40. The van der Waals surface area contributed by atoms with Gasteiger partial charge < -0.3 is 10.6 Å². The molecule has 0 aliphatic heterocycles. The number of aromatic nitrogens is 2. The molecule has 0 atom stereocenters. The van der Waals surface area contributed by atoms with Crippen molar-refractivity contribution < 1.29 is 4.79 Å². The summed E-state index contributed by atoms with van der Waals surface area (Å²) in [5, 5.41) is 15.1. The van der Waals surface area contributed by atoms with E-state index >= 15 is 0 Å². The number of para-hydroxylation sites is 1. The number of carbonyl (C=O) groups is 1. The van der Waals surface area contributed by atoms with Crippen molar-refractivity contribution >= 4 is 39.8 Å². The van der Waals surface area contributed by atoms with Gasteiger partial charge in [0.25, 0.3) is 0 Å². The molecule has 0 unspecified atom stereocenters.